The van der Waals surface area contributed by atoms with E-state index in [0.29, 0.717) is 44.5 Å². The van der Waals surface area contributed by atoms with Gasteiger partial charge in [0.1, 0.15) is 28.8 Å². The fourth-order valence-corrected chi connectivity index (χ4v) is 9.76. The molecule has 5 rings (SSSR count). The van der Waals surface area contributed by atoms with Gasteiger partial charge in [-0.2, -0.15) is 0 Å². The first-order valence-electron chi connectivity index (χ1n) is 20.5. The van der Waals surface area contributed by atoms with Crippen molar-refractivity contribution >= 4 is 35.1 Å². The molecule has 2 amide bonds. The van der Waals surface area contributed by atoms with E-state index in [9.17, 15) is 24.3 Å². The van der Waals surface area contributed by atoms with Crippen molar-refractivity contribution in [3.05, 3.63) is 17.8 Å². The number of esters is 1. The second-order valence-electron chi connectivity index (χ2n) is 16.8. The number of methoxy groups -OCH3 is 1. The molecule has 0 bridgehead atoms. The summed E-state index contributed by atoms with van der Waals surface area (Å²) in [5.74, 6) is -3.90. The number of aryl methyl sites for hydroxylation is 1. The highest BCUT2D eigenvalue weighted by Crippen LogP contribution is 2.41. The molecule has 0 saturated carbocycles. The maximum atomic E-state index is 14.3. The maximum absolute atomic E-state index is 14.3. The van der Waals surface area contributed by atoms with Crippen molar-refractivity contribution < 1.29 is 48.0 Å². The number of amides is 2. The Morgan fingerprint density at radius 2 is 1.83 bits per heavy atom. The van der Waals surface area contributed by atoms with Gasteiger partial charge in [0.05, 0.1) is 36.1 Å². The highest BCUT2D eigenvalue weighted by atomic mass is 32.1. The fraction of sp³-hybridized carbons (Fsp3) is 0.775. The third-order valence-corrected chi connectivity index (χ3v) is 13.1. The molecule has 5 heterocycles. The number of Topliss-reactive ketones (excluding diaryl/α,β-unsaturated/α-hetero) is 1. The zero-order valence-electron chi connectivity index (χ0n) is 35.5. The quantitative estimate of drug-likeness (QED) is 0.198. The predicted molar refractivity (Wildman–Crippen MR) is 213 cm³/mol. The highest BCUT2D eigenvalue weighted by molar-refractivity contribution is 7.13. The number of fused-ring (bicyclic) bond motifs is 1. The largest absolute Gasteiger partial charge is 0.458 e. The van der Waals surface area contributed by atoms with Crippen molar-refractivity contribution in [1.29, 1.82) is 0 Å². The van der Waals surface area contributed by atoms with E-state index in [2.05, 4.69) is 15.3 Å². The summed E-state index contributed by atoms with van der Waals surface area (Å²) in [7, 11) is 1.52. The summed E-state index contributed by atoms with van der Waals surface area (Å²) >= 11 is 1.48. The molecule has 13 atom stereocenters. The van der Waals surface area contributed by atoms with Gasteiger partial charge in [-0.05, 0) is 72.6 Å². The number of rotatable bonds is 10. The van der Waals surface area contributed by atoms with Gasteiger partial charge in [0.15, 0.2) is 17.7 Å². The Kier molecular flexibility index (Phi) is 14.8. The van der Waals surface area contributed by atoms with Crippen LogP contribution < -0.4 is 5.73 Å². The van der Waals surface area contributed by atoms with Crippen molar-refractivity contribution in [3.63, 3.8) is 0 Å². The summed E-state index contributed by atoms with van der Waals surface area (Å²) in [5.41, 5.74) is 4.37. The normalized spacial score (nSPS) is 36.8. The number of aromatic nitrogens is 4. The van der Waals surface area contributed by atoms with Gasteiger partial charge in [0.25, 0.3) is 0 Å². The topological polar surface area (TPSA) is 211 Å². The lowest BCUT2D eigenvalue weighted by Gasteiger charge is -2.46. The molecule has 0 aromatic carbocycles. The van der Waals surface area contributed by atoms with Crippen LogP contribution in [0.4, 0.5) is 4.79 Å². The number of hydrogen-bond donors (Lipinski definition) is 2. The van der Waals surface area contributed by atoms with Crippen LogP contribution in [-0.2, 0) is 44.6 Å². The molecular weight excluding hydrogens is 771 g/mol. The van der Waals surface area contributed by atoms with E-state index in [1.54, 1.807) is 34.5 Å². The monoisotopic (exact) mass is 833 g/mol. The van der Waals surface area contributed by atoms with Crippen LogP contribution in [0, 0.1) is 17.8 Å². The molecule has 58 heavy (non-hydrogen) atoms. The van der Waals surface area contributed by atoms with Gasteiger partial charge in [0.2, 0.25) is 5.91 Å². The molecule has 324 valence electrons. The SMILES string of the molecule is CC[C@H]1OC(=O)[C@H](C)C(=O)[C@H](C)[C@@H](O[C@@H]2OC(C)CC(N)C2O)[C@](C)(OC)C[C@@H](C)CN(C(C)=O)[C@H](C)[C@H]2N(CCCCn3cc(-c4nccs4)nn3)C(=O)O[C@]12C. The third kappa shape index (κ3) is 9.57. The minimum absolute atomic E-state index is 0.219. The first kappa shape index (κ1) is 45.5. The molecule has 3 saturated heterocycles. The average Bonchev–Trinajstić information content (AvgIpc) is 3.93. The first-order chi connectivity index (χ1) is 27.3. The molecule has 0 radical (unpaired) electrons. The number of carbonyl (C=O) groups excluding carboxylic acids is 4. The van der Waals surface area contributed by atoms with Gasteiger partial charge in [0, 0.05) is 57.2 Å². The molecule has 0 aliphatic carbocycles. The van der Waals surface area contributed by atoms with Crippen LogP contribution in [0.25, 0.3) is 10.7 Å². The second-order valence-corrected chi connectivity index (χ2v) is 17.7. The van der Waals surface area contributed by atoms with Crippen LogP contribution in [0.2, 0.25) is 0 Å². The summed E-state index contributed by atoms with van der Waals surface area (Å²) in [6.45, 7) is 16.8. The second kappa shape index (κ2) is 18.8. The molecule has 3 unspecified atom stereocenters. The van der Waals surface area contributed by atoms with E-state index in [4.69, 9.17) is 29.4 Å². The average molecular weight is 834 g/mol. The number of unbranched alkanes of at least 4 members (excludes halogenated alkanes) is 1. The molecule has 18 heteroatoms. The van der Waals surface area contributed by atoms with Gasteiger partial charge < -0.3 is 39.4 Å². The lowest BCUT2D eigenvalue weighted by atomic mass is 9.78. The fourth-order valence-electron chi connectivity index (χ4n) is 9.17. The Labute approximate surface area is 345 Å². The van der Waals surface area contributed by atoms with Crippen LogP contribution in [-0.4, -0.2) is 139 Å². The summed E-state index contributed by atoms with van der Waals surface area (Å²) in [4.78, 5) is 63.6. The Balaban J connectivity index is 1.46. The van der Waals surface area contributed by atoms with Gasteiger partial charge in [-0.1, -0.05) is 26.0 Å². The predicted octanol–water partition coefficient (Wildman–Crippen LogP) is 3.81. The number of nitrogens with zero attached hydrogens (tertiary/aromatic N) is 6. The zero-order chi connectivity index (χ0) is 42.7. The van der Waals surface area contributed by atoms with Gasteiger partial charge in [-0.25, -0.2) is 9.78 Å². The maximum Gasteiger partial charge on any atom is 0.410 e. The number of hydrogen-bond acceptors (Lipinski definition) is 15. The van der Waals surface area contributed by atoms with E-state index in [-0.39, 0.29) is 30.9 Å². The number of ether oxygens (including phenoxy) is 5. The van der Waals surface area contributed by atoms with Crippen molar-refractivity contribution in [2.24, 2.45) is 23.5 Å². The van der Waals surface area contributed by atoms with Crippen LogP contribution in [0.1, 0.15) is 94.4 Å². The van der Waals surface area contributed by atoms with Crippen LogP contribution in [0.5, 0.6) is 0 Å². The number of nitrogens with two attached hydrogens (primary N) is 1. The van der Waals surface area contributed by atoms with Crippen molar-refractivity contribution in [3.8, 4) is 10.7 Å². The van der Waals surface area contributed by atoms with Crippen LogP contribution in [0.3, 0.4) is 0 Å². The molecule has 3 aliphatic heterocycles. The van der Waals surface area contributed by atoms with Gasteiger partial charge >= 0.3 is 12.1 Å². The number of carbonyl (C=O) groups is 4. The number of cyclic esters (lactones) is 1. The Hall–Kier alpha value is -3.55. The van der Waals surface area contributed by atoms with Crippen LogP contribution >= 0.6 is 11.3 Å². The van der Waals surface area contributed by atoms with Gasteiger partial charge in [-0.15, -0.1) is 16.4 Å². The lowest BCUT2D eigenvalue weighted by molar-refractivity contribution is -0.288. The Morgan fingerprint density at radius 1 is 1.12 bits per heavy atom. The molecule has 3 N–H and O–H groups in total. The van der Waals surface area contributed by atoms with E-state index < -0.39 is 83.6 Å². The Bertz CT molecular complexity index is 1730. The number of ketones is 1. The minimum atomic E-state index is -1.39. The third-order valence-electron chi connectivity index (χ3n) is 12.3. The first-order valence-corrected chi connectivity index (χ1v) is 21.3. The number of aliphatic hydroxyl groups is 1. The number of thiazole rings is 1. The molecule has 2 aromatic rings. The molecule has 0 spiro atoms. The van der Waals surface area contributed by atoms with Crippen molar-refractivity contribution in [1.82, 2.24) is 29.8 Å². The summed E-state index contributed by atoms with van der Waals surface area (Å²) in [6, 6.07) is -1.95. The van der Waals surface area contributed by atoms with E-state index >= 15 is 0 Å². The molecular formula is C40H63N7O10S. The standard InChI is InChI=1S/C40H63N7O10S/c1-11-30-40(9)33(46(38(52)57-40)16-13-12-15-45-21-29(43-44-45)35-42-14-17-58-35)26(6)47(27(7)48)20-22(2)19-39(8,53-10)34(24(4)31(49)25(5)36(51)55-30)56-37-32(50)28(41)18-23(3)54-37/h14,17,21-26,28,30,32-34,37,50H,11-13,15-16,18-20,41H2,1-10H3/t22-,23?,24+,25-,26-,28?,30-,32?,33-,34-,37+,39-,40-/m1/s1. The van der Waals surface area contributed by atoms with Crippen LogP contribution in [0.15, 0.2) is 17.8 Å². The highest BCUT2D eigenvalue weighted by Gasteiger charge is 2.60. The van der Waals surface area contributed by atoms with E-state index in [1.165, 1.54) is 32.3 Å². The summed E-state index contributed by atoms with van der Waals surface area (Å²) in [5, 5.41) is 22.2. The van der Waals surface area contributed by atoms with E-state index in [1.807, 2.05) is 46.2 Å². The summed E-state index contributed by atoms with van der Waals surface area (Å²) < 4.78 is 32.8. The molecule has 2 aromatic heterocycles. The Morgan fingerprint density at radius 3 is 2.47 bits per heavy atom. The lowest BCUT2D eigenvalue weighted by Crippen LogP contribution is -2.62. The minimum Gasteiger partial charge on any atom is -0.458 e. The summed E-state index contributed by atoms with van der Waals surface area (Å²) in [6.07, 6.45) is 0.559. The van der Waals surface area contributed by atoms with Gasteiger partial charge in [-0.3, -0.25) is 24.0 Å². The van der Waals surface area contributed by atoms with Crippen molar-refractivity contribution in [2.45, 2.75) is 161 Å². The van der Waals surface area contributed by atoms with Crippen molar-refractivity contribution in [2.75, 3.05) is 20.2 Å². The smallest absolute Gasteiger partial charge is 0.410 e. The molecule has 3 fully saturated rings. The molecule has 17 nitrogen and oxygen atoms in total. The number of aliphatic hydroxyl groups excluding tert-OH is 1. The molecule has 3 aliphatic rings. The zero-order valence-corrected chi connectivity index (χ0v) is 36.3. The van der Waals surface area contributed by atoms with E-state index in [0.717, 1.165) is 5.01 Å².